The Labute approximate surface area is 241 Å². The second-order valence-electron chi connectivity index (χ2n) is 10.7. The van der Waals surface area contributed by atoms with Gasteiger partial charge in [-0.1, -0.05) is 104 Å². The summed E-state index contributed by atoms with van der Waals surface area (Å²) in [7, 11) is 0. The Morgan fingerprint density at radius 1 is 0.923 bits per heavy atom. The summed E-state index contributed by atoms with van der Waals surface area (Å²) in [6.07, 6.45) is 5.86. The Morgan fingerprint density at radius 2 is 1.62 bits per heavy atom. The van der Waals surface area contributed by atoms with E-state index in [-0.39, 0.29) is 24.5 Å². The van der Waals surface area contributed by atoms with Crippen molar-refractivity contribution in [1.82, 2.24) is 10.2 Å². The highest BCUT2D eigenvalue weighted by Gasteiger charge is 2.32. The molecule has 0 radical (unpaired) electrons. The first-order chi connectivity index (χ1) is 18.9. The number of nitrogens with zero attached hydrogens (tertiary/aromatic N) is 1. The lowest BCUT2D eigenvalue weighted by atomic mass is 9.94. The van der Waals surface area contributed by atoms with E-state index in [1.807, 2.05) is 78.9 Å². The van der Waals surface area contributed by atoms with Crippen molar-refractivity contribution >= 4 is 27.7 Å². The summed E-state index contributed by atoms with van der Waals surface area (Å²) in [5.74, 6) is 0.738. The van der Waals surface area contributed by atoms with Gasteiger partial charge in [0.25, 0.3) is 5.91 Å². The quantitative estimate of drug-likeness (QED) is 0.260. The topological polar surface area (TPSA) is 58.6 Å². The Balaban J connectivity index is 1.59. The molecule has 1 aliphatic rings. The second-order valence-corrected chi connectivity index (χ2v) is 11.6. The summed E-state index contributed by atoms with van der Waals surface area (Å²) in [6.45, 7) is 4.45. The minimum atomic E-state index is -0.660. The molecule has 1 N–H and O–H groups in total. The van der Waals surface area contributed by atoms with Gasteiger partial charge >= 0.3 is 0 Å². The van der Waals surface area contributed by atoms with E-state index in [0.29, 0.717) is 24.6 Å². The molecule has 0 spiro atoms. The van der Waals surface area contributed by atoms with Crippen LogP contribution >= 0.6 is 15.9 Å². The standard InChI is InChI=1S/C33H39BrN2O3/c1-24(2)27-16-18-30(19-17-27)39-23-32(37)36(22-26-12-9-13-28(34)20-26)31(21-25-10-5-3-6-11-25)33(38)35-29-14-7-4-8-15-29/h3,5-6,9-13,16-20,24,29,31H,4,7-8,14-15,21-23H2,1-2H3,(H,35,38). The van der Waals surface area contributed by atoms with E-state index >= 15 is 0 Å². The predicted octanol–water partition coefficient (Wildman–Crippen LogP) is 7.04. The fourth-order valence-corrected chi connectivity index (χ4v) is 5.55. The second kappa shape index (κ2) is 14.3. The zero-order chi connectivity index (χ0) is 27.6. The minimum Gasteiger partial charge on any atom is -0.484 e. The summed E-state index contributed by atoms with van der Waals surface area (Å²) in [5, 5.41) is 3.28. The van der Waals surface area contributed by atoms with Gasteiger partial charge in [-0.3, -0.25) is 9.59 Å². The Hall–Kier alpha value is -3.12. The van der Waals surface area contributed by atoms with Crippen LogP contribution in [0.4, 0.5) is 0 Å². The van der Waals surface area contributed by atoms with Gasteiger partial charge in [-0.05, 0) is 59.7 Å². The number of benzene rings is 3. The SMILES string of the molecule is CC(C)c1ccc(OCC(=O)N(Cc2cccc(Br)c2)C(Cc2ccccc2)C(=O)NC2CCCCC2)cc1. The number of hydrogen-bond donors (Lipinski definition) is 1. The fourth-order valence-electron chi connectivity index (χ4n) is 5.11. The number of hydrogen-bond acceptors (Lipinski definition) is 3. The maximum atomic E-state index is 13.8. The van der Waals surface area contributed by atoms with Crippen molar-refractivity contribution in [1.29, 1.82) is 0 Å². The molecule has 2 amide bonds. The largest absolute Gasteiger partial charge is 0.484 e. The zero-order valence-corrected chi connectivity index (χ0v) is 24.5. The number of amides is 2. The number of nitrogens with one attached hydrogen (secondary N) is 1. The van der Waals surface area contributed by atoms with Gasteiger partial charge in [0.05, 0.1) is 0 Å². The third kappa shape index (κ3) is 8.69. The Bertz CT molecular complexity index is 1210. The first kappa shape index (κ1) is 28.9. The molecule has 1 atom stereocenters. The molecule has 5 nitrogen and oxygen atoms in total. The van der Waals surface area contributed by atoms with Crippen molar-refractivity contribution < 1.29 is 14.3 Å². The van der Waals surface area contributed by atoms with Crippen LogP contribution in [0, 0.1) is 0 Å². The van der Waals surface area contributed by atoms with Crippen molar-refractivity contribution in [2.75, 3.05) is 6.61 Å². The average Bonchev–Trinajstić information content (AvgIpc) is 2.95. The lowest BCUT2D eigenvalue weighted by Crippen LogP contribution is -2.53. The first-order valence-electron chi connectivity index (χ1n) is 14.0. The number of ether oxygens (including phenoxy) is 1. The van der Waals surface area contributed by atoms with Gasteiger partial charge in [-0.2, -0.15) is 0 Å². The van der Waals surface area contributed by atoms with Crippen LogP contribution in [0.3, 0.4) is 0 Å². The Morgan fingerprint density at radius 3 is 2.28 bits per heavy atom. The predicted molar refractivity (Wildman–Crippen MR) is 160 cm³/mol. The summed E-state index contributed by atoms with van der Waals surface area (Å²) in [6, 6.07) is 25.1. The highest BCUT2D eigenvalue weighted by atomic mass is 79.9. The smallest absolute Gasteiger partial charge is 0.261 e. The molecule has 6 heteroatoms. The molecule has 1 aliphatic carbocycles. The lowest BCUT2D eigenvalue weighted by molar-refractivity contribution is -0.143. The molecule has 0 heterocycles. The molecule has 0 aromatic heterocycles. The van der Waals surface area contributed by atoms with E-state index < -0.39 is 6.04 Å². The normalized spacial score (nSPS) is 14.6. The summed E-state index contributed by atoms with van der Waals surface area (Å²) >= 11 is 3.54. The van der Waals surface area contributed by atoms with Crippen LogP contribution in [0.5, 0.6) is 5.75 Å². The van der Waals surface area contributed by atoms with E-state index in [4.69, 9.17) is 4.74 Å². The molecule has 3 aromatic carbocycles. The third-order valence-electron chi connectivity index (χ3n) is 7.37. The molecule has 3 aromatic rings. The number of rotatable bonds is 11. The van der Waals surface area contributed by atoms with Crippen molar-refractivity contribution in [3.05, 3.63) is 100 Å². The van der Waals surface area contributed by atoms with Crippen LogP contribution in [-0.4, -0.2) is 35.4 Å². The van der Waals surface area contributed by atoms with Crippen LogP contribution in [-0.2, 0) is 22.6 Å². The molecule has 0 saturated heterocycles. The highest BCUT2D eigenvalue weighted by Crippen LogP contribution is 2.22. The monoisotopic (exact) mass is 590 g/mol. The highest BCUT2D eigenvalue weighted by molar-refractivity contribution is 9.10. The molecule has 1 fully saturated rings. The number of carbonyl (C=O) groups is 2. The zero-order valence-electron chi connectivity index (χ0n) is 22.9. The molecule has 0 aliphatic heterocycles. The molecule has 1 unspecified atom stereocenters. The first-order valence-corrected chi connectivity index (χ1v) is 14.8. The van der Waals surface area contributed by atoms with Gasteiger partial charge in [0.15, 0.2) is 6.61 Å². The molecule has 39 heavy (non-hydrogen) atoms. The van der Waals surface area contributed by atoms with Crippen molar-refractivity contribution in [2.45, 2.75) is 76.9 Å². The van der Waals surface area contributed by atoms with Crippen LogP contribution < -0.4 is 10.1 Å². The minimum absolute atomic E-state index is 0.101. The van der Waals surface area contributed by atoms with Crippen LogP contribution in [0.25, 0.3) is 0 Å². The van der Waals surface area contributed by atoms with Crippen molar-refractivity contribution in [3.8, 4) is 5.75 Å². The molecular formula is C33H39BrN2O3. The van der Waals surface area contributed by atoms with Crippen molar-refractivity contribution in [2.24, 2.45) is 0 Å². The number of halogens is 1. The summed E-state index contributed by atoms with van der Waals surface area (Å²) < 4.78 is 6.87. The third-order valence-corrected chi connectivity index (χ3v) is 7.87. The summed E-state index contributed by atoms with van der Waals surface area (Å²) in [4.78, 5) is 29.3. The molecule has 206 valence electrons. The van der Waals surface area contributed by atoms with E-state index in [0.717, 1.165) is 41.3 Å². The van der Waals surface area contributed by atoms with Gasteiger partial charge < -0.3 is 15.0 Å². The maximum Gasteiger partial charge on any atom is 0.261 e. The van der Waals surface area contributed by atoms with Crippen LogP contribution in [0.2, 0.25) is 0 Å². The molecule has 1 saturated carbocycles. The van der Waals surface area contributed by atoms with Crippen molar-refractivity contribution in [3.63, 3.8) is 0 Å². The van der Waals surface area contributed by atoms with E-state index in [2.05, 4.69) is 35.1 Å². The van der Waals surface area contributed by atoms with E-state index in [1.165, 1.54) is 12.0 Å². The molecular weight excluding hydrogens is 552 g/mol. The summed E-state index contributed by atoms with van der Waals surface area (Å²) in [5.41, 5.74) is 3.17. The van der Waals surface area contributed by atoms with E-state index in [9.17, 15) is 9.59 Å². The van der Waals surface area contributed by atoms with Gasteiger partial charge in [0.2, 0.25) is 5.91 Å². The van der Waals surface area contributed by atoms with Crippen LogP contribution in [0.15, 0.2) is 83.3 Å². The average molecular weight is 592 g/mol. The van der Waals surface area contributed by atoms with E-state index in [1.54, 1.807) is 4.90 Å². The molecule has 0 bridgehead atoms. The van der Waals surface area contributed by atoms with Gasteiger partial charge in [0.1, 0.15) is 11.8 Å². The maximum absolute atomic E-state index is 13.8. The van der Waals surface area contributed by atoms with Gasteiger partial charge in [-0.25, -0.2) is 0 Å². The Kier molecular flexibility index (Phi) is 10.6. The fraction of sp³-hybridized carbons (Fsp3) is 0.394. The van der Waals surface area contributed by atoms with Gasteiger partial charge in [-0.15, -0.1) is 0 Å². The number of carbonyl (C=O) groups excluding carboxylic acids is 2. The molecule has 4 rings (SSSR count). The van der Waals surface area contributed by atoms with Gasteiger partial charge in [0, 0.05) is 23.5 Å². The lowest BCUT2D eigenvalue weighted by Gasteiger charge is -2.33. The van der Waals surface area contributed by atoms with Crippen LogP contribution in [0.1, 0.15) is 68.6 Å².